The Kier molecular flexibility index (Phi) is 10.2. The van der Waals surface area contributed by atoms with Crippen LogP contribution in [0.25, 0.3) is 111 Å². The van der Waals surface area contributed by atoms with Gasteiger partial charge in [0.1, 0.15) is 0 Å². The molecular weight excluding hydrogens is 1160 g/mol. The van der Waals surface area contributed by atoms with E-state index in [4.69, 9.17) is 14.5 Å². The van der Waals surface area contributed by atoms with Crippen LogP contribution in [0.1, 0.15) is 0 Å². The molecule has 1 unspecified atom stereocenters. The fraction of sp³-hybridized carbons (Fsp3) is 0. The van der Waals surface area contributed by atoms with Crippen molar-refractivity contribution in [3.63, 3.8) is 0 Å². The van der Waals surface area contributed by atoms with E-state index in [-0.39, 0.29) is 0 Å². The van der Waals surface area contributed by atoms with Crippen LogP contribution in [0.5, 0.6) is 0 Å². The number of aromatic nitrogens is 4. The molecule has 0 fully saturated rings. The molecule has 0 aliphatic carbocycles. The molecule has 2 aliphatic heterocycles. The minimum atomic E-state index is -3.74. The average Bonchev–Trinajstić information content (AvgIpc) is 4.07. The summed E-state index contributed by atoms with van der Waals surface area (Å²) in [6, 6.07) is 98.8. The van der Waals surface area contributed by atoms with Crippen LogP contribution < -0.4 is 0 Å². The van der Waals surface area contributed by atoms with Crippen LogP contribution in [0.3, 0.4) is 0 Å². The van der Waals surface area contributed by atoms with E-state index in [0.717, 1.165) is 31.6 Å². The molecule has 364 valence electrons. The van der Waals surface area contributed by atoms with Crippen LogP contribution in [0.15, 0.2) is 267 Å². The van der Waals surface area contributed by atoms with E-state index in [1.165, 1.54) is 101 Å². The number of halogens is 2. The molecule has 1 atom stereocenters. The molecule has 6 heteroatoms. The summed E-state index contributed by atoms with van der Waals surface area (Å²) in [7, 11) is 0. The monoisotopic (exact) mass is 1210 g/mol. The third-order valence-corrected chi connectivity index (χ3v) is 29.3. The maximum absolute atomic E-state index is 5.74. The summed E-state index contributed by atoms with van der Waals surface area (Å²) in [5.41, 5.74) is 18.8. The molecule has 2 aromatic heterocycles. The van der Waals surface area contributed by atoms with E-state index >= 15 is 0 Å². The molecule has 4 nitrogen and oxygen atoms in total. The molecule has 2 aliphatic rings. The fourth-order valence-electron chi connectivity index (χ4n) is 11.9. The van der Waals surface area contributed by atoms with Crippen LogP contribution in [0, 0.1) is 21.9 Å². The Labute approximate surface area is 457 Å². The van der Waals surface area contributed by atoms with Gasteiger partial charge in [-0.3, -0.25) is 0 Å². The van der Waals surface area contributed by atoms with Crippen LogP contribution in [0.4, 0.5) is 0 Å². The van der Waals surface area contributed by atoms with Gasteiger partial charge < -0.3 is 0 Å². The van der Waals surface area contributed by atoms with Crippen molar-refractivity contribution in [3.8, 4) is 67.0 Å². The Hall–Kier alpha value is -8.57. The first-order valence-corrected chi connectivity index (χ1v) is 34.0. The van der Waals surface area contributed by atoms with E-state index in [0.29, 0.717) is 0 Å². The third-order valence-electron chi connectivity index (χ3n) is 15.6. The predicted molar refractivity (Wildman–Crippen MR) is 338 cm³/mol. The fourth-order valence-corrected chi connectivity index (χ4v) is 25.8. The summed E-state index contributed by atoms with van der Waals surface area (Å²) >= 11 is -6.14. The number of benzene rings is 12. The van der Waals surface area contributed by atoms with Gasteiger partial charge in [-0.2, -0.15) is 0 Å². The van der Waals surface area contributed by atoms with Crippen molar-refractivity contribution < 1.29 is 0 Å². The van der Waals surface area contributed by atoms with E-state index in [1.807, 2.05) is 0 Å². The molecule has 0 saturated heterocycles. The third kappa shape index (κ3) is 6.91. The van der Waals surface area contributed by atoms with Gasteiger partial charge in [-0.1, -0.05) is 0 Å². The van der Waals surface area contributed by atoms with E-state index < -0.39 is 37.8 Å². The molecule has 0 saturated carbocycles. The van der Waals surface area contributed by atoms with Gasteiger partial charge in [0.25, 0.3) is 0 Å². The molecule has 0 radical (unpaired) electrons. The summed E-state index contributed by atoms with van der Waals surface area (Å²) in [5.74, 6) is 0. The van der Waals surface area contributed by atoms with E-state index in [9.17, 15) is 0 Å². The van der Waals surface area contributed by atoms with Crippen LogP contribution in [-0.4, -0.2) is 23.6 Å². The quantitative estimate of drug-likeness (QED) is 0.161. The molecule has 4 heterocycles. The summed E-state index contributed by atoms with van der Waals surface area (Å²) in [4.78, 5) is 11.3. The summed E-state index contributed by atoms with van der Waals surface area (Å²) in [6.07, 6.45) is 0. The van der Waals surface area contributed by atoms with Gasteiger partial charge in [-0.15, -0.1) is 0 Å². The average molecular weight is 1210 g/mol. The van der Waals surface area contributed by atoms with E-state index in [1.54, 1.807) is 0 Å². The Morgan fingerprint density at radius 1 is 0.377 bits per heavy atom. The van der Waals surface area contributed by atoms with Gasteiger partial charge in [-0.25, -0.2) is 0 Å². The van der Waals surface area contributed by atoms with Gasteiger partial charge in [0, 0.05) is 0 Å². The van der Waals surface area contributed by atoms with Gasteiger partial charge in [0.05, 0.1) is 0 Å². The van der Waals surface area contributed by atoms with Crippen molar-refractivity contribution in [2.45, 2.75) is 0 Å². The minimum absolute atomic E-state index is 0.994. The Balaban J connectivity index is 0.856. The summed E-state index contributed by atoms with van der Waals surface area (Å²) < 4.78 is 18.0. The molecule has 16 rings (SSSR count). The number of fused-ring (bicyclic) bond motifs is 17. The van der Waals surface area contributed by atoms with Crippen molar-refractivity contribution in [1.82, 2.24) is 19.1 Å². The standard InChI is InChI=1S/C71H46I2N4/c1-73(56-25-17-23-49(43-56)47-20-6-3-7-21-47)62-39-37-53-40-51(36-38-57(53)69(62)60-28-10-14-32-66(60)77-67-33-15-12-30-63(67)75-71(73)77)50-34-35-52-45-68-64(44-54(52)41-50)74-70-72(55-24-16-22-48(42-55)46-18-4-2-5-19-46)61-29-11-8-26-58(61)59-27-9-13-31-65(59)76(68)70/h2-45H,1H2. The van der Waals surface area contributed by atoms with Crippen molar-refractivity contribution in [2.24, 2.45) is 0 Å². The molecular formula is C71H46I2N4. The normalized spacial score (nSPS) is 15.6. The number of para-hydroxylation sites is 4. The van der Waals surface area contributed by atoms with Crippen molar-refractivity contribution in [1.29, 1.82) is 0 Å². The zero-order valence-electron chi connectivity index (χ0n) is 41.7. The summed E-state index contributed by atoms with van der Waals surface area (Å²) in [6.45, 7) is 0. The van der Waals surface area contributed by atoms with Crippen molar-refractivity contribution in [2.75, 3.05) is 0 Å². The summed E-state index contributed by atoms with van der Waals surface area (Å²) in [5, 5.41) is 4.79. The maximum atomic E-state index is 5.74. The number of hydrogen-bond donors (Lipinski definition) is 0. The first-order valence-electron chi connectivity index (χ1n) is 26.0. The Morgan fingerprint density at radius 3 is 1.79 bits per heavy atom. The SMILES string of the molecule is C=I1(c2cccc(-c3ccccc3)c2)c2ccc3cc(-c4ccc5cc6c(cc5c4)nc4n6-c5ccccc5-c5ccccc5I4c4cccc(-c5ccccc5)c4)ccc3c2-c2ccccc2-n2c1nc1ccccc12. The second-order valence-corrected chi connectivity index (χ2v) is 32.2. The van der Waals surface area contributed by atoms with Crippen LogP contribution in [-0.2, 0) is 0 Å². The molecule has 14 aromatic rings. The van der Waals surface area contributed by atoms with Crippen LogP contribution >= 0.6 is 37.8 Å². The van der Waals surface area contributed by atoms with Crippen molar-refractivity contribution in [3.05, 3.63) is 289 Å². The first kappa shape index (κ1) is 44.7. The topological polar surface area (TPSA) is 35.6 Å². The molecule has 0 N–H and O–H groups in total. The molecule has 12 aromatic carbocycles. The number of nitrogens with zero attached hydrogens (tertiary/aromatic N) is 4. The van der Waals surface area contributed by atoms with Crippen LogP contribution in [0.2, 0.25) is 0 Å². The number of imidazole rings is 2. The molecule has 0 bridgehead atoms. The van der Waals surface area contributed by atoms with Gasteiger partial charge in [0.15, 0.2) is 0 Å². The molecule has 0 spiro atoms. The second-order valence-electron chi connectivity index (χ2n) is 19.9. The predicted octanol–water partition coefficient (Wildman–Crippen LogP) is 18.4. The molecule has 77 heavy (non-hydrogen) atoms. The zero-order chi connectivity index (χ0) is 50.8. The van der Waals surface area contributed by atoms with Gasteiger partial charge in [-0.05, 0) is 0 Å². The first-order chi connectivity index (χ1) is 38.0. The zero-order valence-corrected chi connectivity index (χ0v) is 46.0. The Morgan fingerprint density at radius 2 is 0.987 bits per heavy atom. The van der Waals surface area contributed by atoms with Crippen molar-refractivity contribution >= 4 is 85.9 Å². The van der Waals surface area contributed by atoms with Gasteiger partial charge in [0.2, 0.25) is 0 Å². The number of hydrogen-bond acceptors (Lipinski definition) is 2. The molecule has 0 amide bonds. The number of rotatable bonds is 5. The second kappa shape index (κ2) is 17.5. The van der Waals surface area contributed by atoms with Gasteiger partial charge >= 0.3 is 461 Å². The van der Waals surface area contributed by atoms with E-state index in [2.05, 4.69) is 276 Å². The Bertz CT molecular complexity index is 4800.